The number of hydrazone groups is 1. The van der Waals surface area contributed by atoms with Gasteiger partial charge < -0.3 is 14.2 Å². The van der Waals surface area contributed by atoms with Crippen LogP contribution in [-0.4, -0.2) is 25.8 Å². The first-order valence-corrected chi connectivity index (χ1v) is 9.50. The van der Waals surface area contributed by atoms with E-state index in [1.165, 1.54) is 6.21 Å². The van der Waals surface area contributed by atoms with Crippen molar-refractivity contribution in [2.24, 2.45) is 5.10 Å². The summed E-state index contributed by atoms with van der Waals surface area (Å²) in [6.07, 6.45) is 1.54. The largest absolute Gasteiger partial charge is 0.493 e. The molecule has 0 radical (unpaired) electrons. The maximum Gasteiger partial charge on any atom is 0.277 e. The number of hydrogen-bond acceptors (Lipinski definition) is 5. The summed E-state index contributed by atoms with van der Waals surface area (Å²) in [5.74, 6) is 1.52. The zero-order chi connectivity index (χ0) is 21.2. The van der Waals surface area contributed by atoms with E-state index >= 15 is 0 Å². The second-order valence-electron chi connectivity index (χ2n) is 6.58. The molecule has 30 heavy (non-hydrogen) atoms. The molecule has 1 N–H and O–H groups in total. The molecule has 1 amide bonds. The molecule has 6 nitrogen and oxygen atoms in total. The van der Waals surface area contributed by atoms with Crippen LogP contribution >= 0.6 is 0 Å². The number of carbonyl (C=O) groups excluding carboxylic acids is 1. The number of nitrogens with zero attached hydrogens (tertiary/aromatic N) is 1. The SMILES string of the molecule is COc1cc(/C=N\NC(=O)COc2cccc(C)c2)ccc1OCc1ccccc1. The van der Waals surface area contributed by atoms with Gasteiger partial charge in [-0.1, -0.05) is 42.5 Å². The van der Waals surface area contributed by atoms with Gasteiger partial charge in [-0.2, -0.15) is 5.10 Å². The molecular weight excluding hydrogens is 380 g/mol. The van der Waals surface area contributed by atoms with Crippen LogP contribution in [0, 0.1) is 6.92 Å². The van der Waals surface area contributed by atoms with Crippen molar-refractivity contribution in [1.29, 1.82) is 0 Å². The minimum atomic E-state index is -0.345. The standard InChI is InChI=1S/C24H24N2O4/c1-18-7-6-10-21(13-18)29-17-24(27)26-25-15-20-11-12-22(23(14-20)28-2)30-16-19-8-4-3-5-9-19/h3-15H,16-17H2,1-2H3,(H,26,27)/b25-15-. The molecule has 0 saturated heterocycles. The monoisotopic (exact) mass is 404 g/mol. The van der Waals surface area contributed by atoms with Gasteiger partial charge in [0.15, 0.2) is 18.1 Å². The molecule has 3 aromatic rings. The topological polar surface area (TPSA) is 69.2 Å². The highest BCUT2D eigenvalue weighted by molar-refractivity contribution is 5.83. The number of nitrogens with one attached hydrogen (secondary N) is 1. The molecule has 6 heteroatoms. The summed E-state index contributed by atoms with van der Waals surface area (Å²) in [4.78, 5) is 11.9. The average Bonchev–Trinajstić information content (AvgIpc) is 2.77. The lowest BCUT2D eigenvalue weighted by Crippen LogP contribution is -2.24. The van der Waals surface area contributed by atoms with Crippen LogP contribution in [-0.2, 0) is 11.4 Å². The summed E-state index contributed by atoms with van der Waals surface area (Å²) in [6.45, 7) is 2.29. The zero-order valence-corrected chi connectivity index (χ0v) is 17.0. The smallest absolute Gasteiger partial charge is 0.277 e. The summed E-state index contributed by atoms with van der Waals surface area (Å²) in [5.41, 5.74) is 5.35. The number of hydrogen-bond donors (Lipinski definition) is 1. The third-order valence-corrected chi connectivity index (χ3v) is 4.19. The summed E-state index contributed by atoms with van der Waals surface area (Å²) < 4.78 is 16.7. The molecule has 0 aromatic heterocycles. The Hall–Kier alpha value is -3.80. The van der Waals surface area contributed by atoms with Crippen LogP contribution in [0.4, 0.5) is 0 Å². The predicted molar refractivity (Wildman–Crippen MR) is 116 cm³/mol. The molecule has 0 fully saturated rings. The predicted octanol–water partition coefficient (Wildman–Crippen LogP) is 4.11. The average molecular weight is 404 g/mol. The second kappa shape index (κ2) is 10.7. The summed E-state index contributed by atoms with van der Waals surface area (Å²) in [7, 11) is 1.58. The van der Waals surface area contributed by atoms with Crippen molar-refractivity contribution < 1.29 is 19.0 Å². The van der Waals surface area contributed by atoms with E-state index in [-0.39, 0.29) is 12.5 Å². The summed E-state index contributed by atoms with van der Waals surface area (Å²) in [5, 5.41) is 3.97. The lowest BCUT2D eigenvalue weighted by molar-refractivity contribution is -0.123. The molecule has 0 aliphatic carbocycles. The van der Waals surface area contributed by atoms with Crippen LogP contribution in [0.2, 0.25) is 0 Å². The Morgan fingerprint density at radius 2 is 1.80 bits per heavy atom. The molecule has 3 aromatic carbocycles. The number of ether oxygens (including phenoxy) is 3. The van der Waals surface area contributed by atoms with Gasteiger partial charge in [0.2, 0.25) is 0 Å². The van der Waals surface area contributed by atoms with Gasteiger partial charge in [-0.25, -0.2) is 5.43 Å². The van der Waals surface area contributed by atoms with Gasteiger partial charge in [0.25, 0.3) is 5.91 Å². The number of carbonyl (C=O) groups is 1. The molecular formula is C24H24N2O4. The molecule has 0 atom stereocenters. The fourth-order valence-corrected chi connectivity index (χ4v) is 2.68. The van der Waals surface area contributed by atoms with Crippen molar-refractivity contribution in [1.82, 2.24) is 5.43 Å². The Balaban J connectivity index is 1.51. The van der Waals surface area contributed by atoms with Crippen molar-refractivity contribution >= 4 is 12.1 Å². The number of methoxy groups -OCH3 is 1. The van der Waals surface area contributed by atoms with E-state index < -0.39 is 0 Å². The quantitative estimate of drug-likeness (QED) is 0.430. The highest BCUT2D eigenvalue weighted by Gasteiger charge is 2.06. The molecule has 0 saturated carbocycles. The molecule has 0 aliphatic rings. The minimum absolute atomic E-state index is 0.115. The van der Waals surface area contributed by atoms with Gasteiger partial charge in [0, 0.05) is 0 Å². The van der Waals surface area contributed by atoms with E-state index in [1.54, 1.807) is 19.2 Å². The third kappa shape index (κ3) is 6.38. The Morgan fingerprint density at radius 1 is 0.967 bits per heavy atom. The van der Waals surface area contributed by atoms with Gasteiger partial charge in [0.1, 0.15) is 12.4 Å². The molecule has 3 rings (SSSR count). The number of benzene rings is 3. The van der Waals surface area contributed by atoms with Gasteiger partial charge in [0.05, 0.1) is 13.3 Å². The number of rotatable bonds is 9. The van der Waals surface area contributed by atoms with Crippen LogP contribution < -0.4 is 19.6 Å². The molecule has 0 unspecified atom stereocenters. The summed E-state index contributed by atoms with van der Waals surface area (Å²) in [6, 6.07) is 22.8. The lowest BCUT2D eigenvalue weighted by atomic mass is 10.2. The first kappa shape index (κ1) is 20.9. The van der Waals surface area contributed by atoms with Crippen LogP contribution in [0.3, 0.4) is 0 Å². The molecule has 0 heterocycles. The maximum absolute atomic E-state index is 11.9. The molecule has 154 valence electrons. The Bertz CT molecular complexity index is 1000. The Morgan fingerprint density at radius 3 is 2.57 bits per heavy atom. The van der Waals surface area contributed by atoms with E-state index in [0.717, 1.165) is 16.7 Å². The summed E-state index contributed by atoms with van der Waals surface area (Å²) >= 11 is 0. The van der Waals surface area contributed by atoms with Crippen molar-refractivity contribution in [3.05, 3.63) is 89.5 Å². The van der Waals surface area contributed by atoms with Crippen LogP contribution in [0.25, 0.3) is 0 Å². The molecule has 0 bridgehead atoms. The van der Waals surface area contributed by atoms with Crippen molar-refractivity contribution in [3.8, 4) is 17.2 Å². The van der Waals surface area contributed by atoms with Crippen molar-refractivity contribution in [2.45, 2.75) is 13.5 Å². The first-order chi connectivity index (χ1) is 14.6. The van der Waals surface area contributed by atoms with E-state index in [9.17, 15) is 4.79 Å². The van der Waals surface area contributed by atoms with E-state index in [0.29, 0.717) is 23.9 Å². The lowest BCUT2D eigenvalue weighted by Gasteiger charge is -2.11. The van der Waals surface area contributed by atoms with Crippen molar-refractivity contribution in [2.75, 3.05) is 13.7 Å². The normalized spacial score (nSPS) is 10.6. The Labute approximate surface area is 176 Å². The third-order valence-electron chi connectivity index (χ3n) is 4.19. The van der Waals surface area contributed by atoms with Gasteiger partial charge in [-0.05, 0) is 53.9 Å². The fourth-order valence-electron chi connectivity index (χ4n) is 2.68. The van der Waals surface area contributed by atoms with Crippen molar-refractivity contribution in [3.63, 3.8) is 0 Å². The zero-order valence-electron chi connectivity index (χ0n) is 17.0. The highest BCUT2D eigenvalue weighted by Crippen LogP contribution is 2.28. The molecule has 0 aliphatic heterocycles. The number of amides is 1. The first-order valence-electron chi connectivity index (χ1n) is 9.50. The van der Waals surface area contributed by atoms with Gasteiger partial charge in [-0.3, -0.25) is 4.79 Å². The van der Waals surface area contributed by atoms with E-state index in [4.69, 9.17) is 14.2 Å². The van der Waals surface area contributed by atoms with Crippen LogP contribution in [0.1, 0.15) is 16.7 Å². The highest BCUT2D eigenvalue weighted by atomic mass is 16.5. The van der Waals surface area contributed by atoms with Gasteiger partial charge in [-0.15, -0.1) is 0 Å². The minimum Gasteiger partial charge on any atom is -0.493 e. The fraction of sp³-hybridized carbons (Fsp3) is 0.167. The van der Waals surface area contributed by atoms with E-state index in [2.05, 4.69) is 10.5 Å². The van der Waals surface area contributed by atoms with Crippen LogP contribution in [0.15, 0.2) is 77.9 Å². The second-order valence-corrected chi connectivity index (χ2v) is 6.58. The number of aryl methyl sites for hydroxylation is 1. The molecule has 0 spiro atoms. The maximum atomic E-state index is 11.9. The van der Waals surface area contributed by atoms with Gasteiger partial charge >= 0.3 is 0 Å². The Kier molecular flexibility index (Phi) is 7.44. The van der Waals surface area contributed by atoms with E-state index in [1.807, 2.05) is 67.6 Å². The van der Waals surface area contributed by atoms with Crippen LogP contribution in [0.5, 0.6) is 17.2 Å².